The van der Waals surface area contributed by atoms with Crippen molar-refractivity contribution in [2.75, 3.05) is 38.7 Å². The summed E-state index contributed by atoms with van der Waals surface area (Å²) in [6.45, 7) is 4.72. The maximum absolute atomic E-state index is 6.12. The highest BCUT2D eigenvalue weighted by Gasteiger charge is 2.20. The number of ether oxygens (including phenoxy) is 1. The zero-order valence-electron chi connectivity index (χ0n) is 13.7. The van der Waals surface area contributed by atoms with Gasteiger partial charge in [0.1, 0.15) is 37.7 Å². The van der Waals surface area contributed by atoms with Crippen molar-refractivity contribution < 1.29 is 9.15 Å². The van der Waals surface area contributed by atoms with Gasteiger partial charge in [0.2, 0.25) is 5.36 Å². The molecule has 0 aromatic heterocycles. The summed E-state index contributed by atoms with van der Waals surface area (Å²) < 4.78 is 14.0. The zero-order chi connectivity index (χ0) is 16.0. The smallest absolute Gasteiger partial charge is 0.203 e. The lowest BCUT2D eigenvalue weighted by Gasteiger charge is -2.30. The maximum atomic E-state index is 6.12. The van der Waals surface area contributed by atoms with Crippen LogP contribution in [0, 0.1) is 0 Å². The zero-order valence-corrected chi connectivity index (χ0v) is 13.7. The monoisotopic (exact) mass is 310 g/mol. The number of anilines is 1. The number of rotatable bonds is 1. The summed E-state index contributed by atoms with van der Waals surface area (Å²) in [6.07, 6.45) is 0. The fourth-order valence-electron chi connectivity index (χ4n) is 2.99. The van der Waals surface area contributed by atoms with Crippen molar-refractivity contribution in [2.45, 2.75) is 6.92 Å². The average Bonchev–Trinajstić information content (AvgIpc) is 2.56. The van der Waals surface area contributed by atoms with Gasteiger partial charge in [-0.2, -0.15) is 0 Å². The van der Waals surface area contributed by atoms with Crippen LogP contribution in [0.2, 0.25) is 0 Å². The van der Waals surface area contributed by atoms with Gasteiger partial charge in [0.25, 0.3) is 0 Å². The highest BCUT2D eigenvalue weighted by molar-refractivity contribution is 5.84. The van der Waals surface area contributed by atoms with Gasteiger partial charge in [-0.05, 0) is 13.0 Å². The number of likely N-dealkylation sites (N-methyl/N-ethyl adjacent to an activating group) is 1. The Morgan fingerprint density at radius 1 is 1.22 bits per heavy atom. The van der Waals surface area contributed by atoms with Gasteiger partial charge >= 0.3 is 0 Å². The molecule has 0 atom stereocenters. The summed E-state index contributed by atoms with van der Waals surface area (Å²) in [4.78, 5) is 7.03. The lowest BCUT2D eigenvalue weighted by Crippen LogP contribution is -2.32. The van der Waals surface area contributed by atoms with E-state index in [0.29, 0.717) is 6.61 Å². The minimum Gasteiger partial charge on any atom is -0.489 e. The topological polar surface area (TPSA) is 41.5 Å². The lowest BCUT2D eigenvalue weighted by molar-refractivity contribution is 0.308. The van der Waals surface area contributed by atoms with Gasteiger partial charge in [0.05, 0.1) is 18.3 Å². The third-order valence-electron chi connectivity index (χ3n) is 4.30. The molecule has 0 amide bonds. The molecule has 0 N–H and O–H groups in total. The van der Waals surface area contributed by atoms with E-state index in [1.165, 1.54) is 0 Å². The standard InChI is InChI=1S/C18H20N3O2/c1-4-21-7-8-22-18-10-14-17(11-15(18)21)23-16-9-12(20(2)3)5-6-13(16)19-14/h5-6,9-11H,4,7-8H2,1-3H3/q+1. The first kappa shape index (κ1) is 14.1. The molecule has 2 heterocycles. The normalized spacial score (nSPS) is 14.0. The van der Waals surface area contributed by atoms with Crippen LogP contribution in [0.25, 0.3) is 22.6 Å². The Morgan fingerprint density at radius 3 is 2.87 bits per heavy atom. The third-order valence-corrected chi connectivity index (χ3v) is 4.30. The second-order valence-electron chi connectivity index (χ2n) is 5.98. The predicted molar refractivity (Wildman–Crippen MR) is 91.1 cm³/mol. The van der Waals surface area contributed by atoms with Crippen LogP contribution in [-0.2, 0) is 0 Å². The first-order chi connectivity index (χ1) is 11.2. The second-order valence-corrected chi connectivity index (χ2v) is 5.98. The molecule has 0 fully saturated rings. The van der Waals surface area contributed by atoms with E-state index in [0.717, 1.165) is 52.4 Å². The van der Waals surface area contributed by atoms with Crippen molar-refractivity contribution in [1.82, 2.24) is 9.56 Å². The SMILES string of the molecule is CCN1CCOc2cc3nc4ccc(=[N+](C)C)cc-4oc3cc21. The molecule has 1 aromatic rings. The average molecular weight is 310 g/mol. The molecule has 1 aromatic carbocycles. The first-order valence-electron chi connectivity index (χ1n) is 7.92. The summed E-state index contributed by atoms with van der Waals surface area (Å²) in [6, 6.07) is 10.1. The van der Waals surface area contributed by atoms with Crippen LogP contribution in [-0.4, -0.2) is 38.8 Å². The van der Waals surface area contributed by atoms with Crippen LogP contribution in [0.4, 0.5) is 5.69 Å². The molecular formula is C18H20N3O2+. The van der Waals surface area contributed by atoms with E-state index in [9.17, 15) is 0 Å². The first-order valence-corrected chi connectivity index (χ1v) is 7.92. The molecule has 0 saturated carbocycles. The Morgan fingerprint density at radius 2 is 2.09 bits per heavy atom. The number of hydrogen-bond acceptors (Lipinski definition) is 4. The summed E-state index contributed by atoms with van der Waals surface area (Å²) in [5.41, 5.74) is 3.55. The molecule has 0 unspecified atom stereocenters. The minimum absolute atomic E-state index is 0.712. The fourth-order valence-corrected chi connectivity index (χ4v) is 2.99. The van der Waals surface area contributed by atoms with E-state index >= 15 is 0 Å². The predicted octanol–water partition coefficient (Wildman–Crippen LogP) is 2.18. The number of hydrogen-bond donors (Lipinski definition) is 0. The number of fused-ring (bicyclic) bond motifs is 3. The van der Waals surface area contributed by atoms with Gasteiger partial charge in [-0.3, -0.25) is 0 Å². The Hall–Kier alpha value is -2.56. The molecule has 118 valence electrons. The molecule has 1 aliphatic carbocycles. The third kappa shape index (κ3) is 2.32. The highest BCUT2D eigenvalue weighted by Crippen LogP contribution is 2.36. The van der Waals surface area contributed by atoms with Crippen LogP contribution in [0.5, 0.6) is 5.75 Å². The molecule has 2 aliphatic heterocycles. The molecular weight excluding hydrogens is 290 g/mol. The van der Waals surface area contributed by atoms with Gasteiger partial charge < -0.3 is 14.1 Å². The summed E-state index contributed by atoms with van der Waals surface area (Å²) >= 11 is 0. The summed E-state index contributed by atoms with van der Waals surface area (Å²) in [7, 11) is 4.03. The van der Waals surface area contributed by atoms with Crippen LogP contribution >= 0.6 is 0 Å². The number of nitrogens with zero attached hydrogens (tertiary/aromatic N) is 3. The van der Waals surface area contributed by atoms with Crippen molar-refractivity contribution in [1.29, 1.82) is 0 Å². The highest BCUT2D eigenvalue weighted by atomic mass is 16.5. The van der Waals surface area contributed by atoms with Crippen LogP contribution in [0.1, 0.15) is 6.92 Å². The van der Waals surface area contributed by atoms with Crippen molar-refractivity contribution in [3.8, 4) is 17.2 Å². The van der Waals surface area contributed by atoms with Gasteiger partial charge in [-0.15, -0.1) is 0 Å². The second kappa shape index (κ2) is 5.26. The molecule has 0 saturated heterocycles. The van der Waals surface area contributed by atoms with Crippen LogP contribution in [0.3, 0.4) is 0 Å². The van der Waals surface area contributed by atoms with E-state index in [4.69, 9.17) is 14.1 Å². The van der Waals surface area contributed by atoms with Crippen molar-refractivity contribution in [3.05, 3.63) is 35.7 Å². The molecule has 3 aliphatic rings. The van der Waals surface area contributed by atoms with Crippen LogP contribution < -0.4 is 19.6 Å². The largest absolute Gasteiger partial charge is 0.489 e. The van der Waals surface area contributed by atoms with Gasteiger partial charge in [0.15, 0.2) is 11.3 Å². The minimum atomic E-state index is 0.712. The van der Waals surface area contributed by atoms with E-state index in [2.05, 4.69) is 16.4 Å². The molecule has 23 heavy (non-hydrogen) atoms. The number of aromatic nitrogens is 1. The van der Waals surface area contributed by atoms with Gasteiger partial charge in [-0.25, -0.2) is 9.56 Å². The lowest BCUT2D eigenvalue weighted by atomic mass is 10.2. The Labute approximate surface area is 134 Å². The molecule has 0 spiro atoms. The molecule has 0 bridgehead atoms. The van der Waals surface area contributed by atoms with Crippen molar-refractivity contribution in [3.63, 3.8) is 0 Å². The Bertz CT molecular complexity index is 925. The van der Waals surface area contributed by atoms with Crippen molar-refractivity contribution in [2.24, 2.45) is 0 Å². The van der Waals surface area contributed by atoms with Gasteiger partial charge in [0, 0.05) is 24.7 Å². The Balaban J connectivity index is 1.98. The van der Waals surface area contributed by atoms with E-state index in [1.54, 1.807) is 0 Å². The van der Waals surface area contributed by atoms with Crippen molar-refractivity contribution >= 4 is 16.8 Å². The Kier molecular flexibility index (Phi) is 3.22. The summed E-state index contributed by atoms with van der Waals surface area (Å²) in [5, 5.41) is 1.10. The fraction of sp³-hybridized carbons (Fsp3) is 0.333. The van der Waals surface area contributed by atoms with Crippen LogP contribution in [0.15, 0.2) is 34.7 Å². The quantitative estimate of drug-likeness (QED) is 0.510. The molecule has 5 nitrogen and oxygen atoms in total. The van der Waals surface area contributed by atoms with E-state index in [1.807, 2.05) is 44.4 Å². The number of benzene rings is 2. The van der Waals surface area contributed by atoms with E-state index < -0.39 is 0 Å². The molecule has 5 heteroatoms. The molecule has 4 rings (SSSR count). The molecule has 0 radical (unpaired) electrons. The maximum Gasteiger partial charge on any atom is 0.203 e. The van der Waals surface area contributed by atoms with Gasteiger partial charge in [-0.1, -0.05) is 0 Å². The summed E-state index contributed by atoms with van der Waals surface area (Å²) in [5.74, 6) is 1.68. The van der Waals surface area contributed by atoms with E-state index in [-0.39, 0.29) is 0 Å².